The van der Waals surface area contributed by atoms with Crippen molar-refractivity contribution in [1.82, 2.24) is 10.1 Å². The fourth-order valence-corrected chi connectivity index (χ4v) is 3.93. The smallest absolute Gasteiger partial charge is 0.337 e. The summed E-state index contributed by atoms with van der Waals surface area (Å²) in [6.07, 6.45) is 1.88. The Kier molecular flexibility index (Phi) is 15.4. The number of carbonyl (C=O) groups excluding carboxylic acids is 2. The third-order valence-corrected chi connectivity index (χ3v) is 7.27. The van der Waals surface area contributed by atoms with Gasteiger partial charge in [-0.05, 0) is 106 Å². The van der Waals surface area contributed by atoms with Gasteiger partial charge in [-0.3, -0.25) is 9.68 Å². The molecule has 0 spiro atoms. The number of ether oxygens (including phenoxy) is 2. The molecule has 40 heavy (non-hydrogen) atoms. The van der Waals surface area contributed by atoms with Crippen molar-refractivity contribution in [2.75, 3.05) is 13.2 Å². The number of unbranched alkanes of at least 4 members (excludes halogenated alkanes) is 3. The fourth-order valence-electron chi connectivity index (χ4n) is 3.93. The maximum Gasteiger partial charge on any atom is 0.337 e. The van der Waals surface area contributed by atoms with Crippen LogP contribution in [-0.2, 0) is 28.7 Å². The molecule has 0 aromatic rings. The average Bonchev–Trinajstić information content (AvgIpc) is 2.78. The lowest BCUT2D eigenvalue weighted by atomic mass is 9.86. The topological polar surface area (TPSA) is 77.5 Å². The van der Waals surface area contributed by atoms with Gasteiger partial charge in [0.15, 0.2) is 12.2 Å². The van der Waals surface area contributed by atoms with Crippen LogP contribution in [0.4, 0.5) is 0 Å². The lowest BCUT2D eigenvalue weighted by Crippen LogP contribution is -2.53. The van der Waals surface area contributed by atoms with E-state index in [1.807, 2.05) is 10.1 Å². The highest BCUT2D eigenvalue weighted by molar-refractivity contribution is 5.74. The van der Waals surface area contributed by atoms with Crippen LogP contribution >= 0.6 is 0 Å². The maximum atomic E-state index is 12.5. The number of hydrogen-bond donors (Lipinski definition) is 0. The molecular weight excluding hydrogens is 508 g/mol. The summed E-state index contributed by atoms with van der Waals surface area (Å²) in [6.45, 7) is 33.8. The summed E-state index contributed by atoms with van der Waals surface area (Å²) in [4.78, 5) is 37.3. The second kappa shape index (κ2) is 15.9. The number of rotatable bonds is 15. The van der Waals surface area contributed by atoms with Crippen molar-refractivity contribution in [2.24, 2.45) is 10.8 Å². The minimum absolute atomic E-state index is 0.00605. The van der Waals surface area contributed by atoms with Gasteiger partial charge in [-0.15, -0.1) is 0 Å². The van der Waals surface area contributed by atoms with E-state index in [9.17, 15) is 9.59 Å². The first-order chi connectivity index (χ1) is 17.9. The minimum Gasteiger partial charge on any atom is -0.464 e. The van der Waals surface area contributed by atoms with E-state index in [1.54, 1.807) is 13.8 Å². The summed E-state index contributed by atoms with van der Waals surface area (Å²) in [5.74, 6) is -0.716. The van der Waals surface area contributed by atoms with Crippen LogP contribution in [0.25, 0.3) is 0 Å². The lowest BCUT2D eigenvalue weighted by Gasteiger charge is -2.45. The normalized spacial score (nSPS) is 16.6. The maximum absolute atomic E-state index is 12.5. The summed E-state index contributed by atoms with van der Waals surface area (Å²) >= 11 is 0. The molecule has 8 heteroatoms. The van der Waals surface area contributed by atoms with Crippen LogP contribution in [0.5, 0.6) is 0 Å². The Balaban J connectivity index is 4.43. The van der Waals surface area contributed by atoms with E-state index in [2.05, 4.69) is 96.9 Å². The van der Waals surface area contributed by atoms with Crippen LogP contribution in [0.1, 0.15) is 136 Å². The quantitative estimate of drug-likeness (QED) is 0.115. The number of hydroxylamine groups is 4. The van der Waals surface area contributed by atoms with Crippen molar-refractivity contribution in [3.63, 3.8) is 0 Å². The van der Waals surface area contributed by atoms with E-state index in [4.69, 9.17) is 19.1 Å². The Morgan fingerprint density at radius 2 is 0.800 bits per heavy atom. The SMILES string of the molecule is CC(ON(C(C)C(C)(C)C)C(C)(C)C)C(=O)OCCCCCCOC(=O)C(C)ON(C(C)C(C)(C)C)C(C)(C)C. The summed E-state index contributed by atoms with van der Waals surface area (Å²) < 4.78 is 10.9. The van der Waals surface area contributed by atoms with Gasteiger partial charge in [0.2, 0.25) is 0 Å². The molecule has 0 aromatic heterocycles. The summed E-state index contributed by atoms with van der Waals surface area (Å²) in [5.41, 5.74) is -0.529. The predicted octanol–water partition coefficient (Wildman–Crippen LogP) is 7.34. The molecule has 0 rings (SSSR count). The number of carbonyl (C=O) groups is 2. The monoisotopic (exact) mass is 572 g/mol. The largest absolute Gasteiger partial charge is 0.464 e. The number of nitrogens with zero attached hydrogens (tertiary/aromatic N) is 2. The highest BCUT2D eigenvalue weighted by Gasteiger charge is 2.38. The molecule has 0 aliphatic rings. The van der Waals surface area contributed by atoms with Crippen LogP contribution in [0.2, 0.25) is 0 Å². The van der Waals surface area contributed by atoms with Crippen LogP contribution in [0, 0.1) is 10.8 Å². The molecule has 0 saturated heterocycles. The second-order valence-electron chi connectivity index (χ2n) is 15.3. The molecular formula is C32H64N2O6. The summed E-state index contributed by atoms with van der Waals surface area (Å²) in [6, 6.07) is 0.215. The van der Waals surface area contributed by atoms with Crippen LogP contribution in [0.15, 0.2) is 0 Å². The highest BCUT2D eigenvalue weighted by atomic mass is 16.7. The van der Waals surface area contributed by atoms with E-state index in [0.717, 1.165) is 25.7 Å². The average molecular weight is 573 g/mol. The standard InChI is InChI=1S/C32H64N2O6/c1-23(39-33(31(11,12)13)25(3)29(5,6)7)27(35)37-21-19-17-18-20-22-38-28(36)24(2)40-34(32(14,15)16)26(4)30(8,9)10/h23-26H,17-22H2,1-16H3. The Hall–Kier alpha value is -1.22. The van der Waals surface area contributed by atoms with Gasteiger partial charge in [-0.1, -0.05) is 41.5 Å². The molecule has 0 amide bonds. The minimum atomic E-state index is -0.687. The summed E-state index contributed by atoms with van der Waals surface area (Å²) in [5, 5.41) is 3.83. The molecule has 0 aliphatic heterocycles. The van der Waals surface area contributed by atoms with Crippen molar-refractivity contribution in [3.8, 4) is 0 Å². The number of esters is 2. The Morgan fingerprint density at radius 3 is 1.02 bits per heavy atom. The van der Waals surface area contributed by atoms with Crippen molar-refractivity contribution in [3.05, 3.63) is 0 Å². The zero-order valence-corrected chi connectivity index (χ0v) is 28.9. The van der Waals surface area contributed by atoms with E-state index in [-0.39, 0.29) is 45.9 Å². The van der Waals surface area contributed by atoms with Crippen molar-refractivity contribution >= 4 is 11.9 Å². The predicted molar refractivity (Wildman–Crippen MR) is 162 cm³/mol. The molecule has 238 valence electrons. The zero-order valence-electron chi connectivity index (χ0n) is 28.9. The molecule has 0 N–H and O–H groups in total. The van der Waals surface area contributed by atoms with Crippen molar-refractivity contribution in [1.29, 1.82) is 0 Å². The van der Waals surface area contributed by atoms with E-state index >= 15 is 0 Å². The Bertz CT molecular complexity index is 693. The first-order valence-corrected chi connectivity index (χ1v) is 15.2. The van der Waals surface area contributed by atoms with Gasteiger partial charge in [-0.25, -0.2) is 9.59 Å². The summed E-state index contributed by atoms with van der Waals surface area (Å²) in [7, 11) is 0. The Labute approximate surface area is 246 Å². The fraction of sp³-hybridized carbons (Fsp3) is 0.938. The molecule has 0 bridgehead atoms. The molecule has 0 saturated carbocycles. The zero-order chi connectivity index (χ0) is 31.7. The highest BCUT2D eigenvalue weighted by Crippen LogP contribution is 2.31. The lowest BCUT2D eigenvalue weighted by molar-refractivity contribution is -0.272. The van der Waals surface area contributed by atoms with Crippen LogP contribution in [0.3, 0.4) is 0 Å². The van der Waals surface area contributed by atoms with Crippen molar-refractivity contribution in [2.45, 2.75) is 172 Å². The molecule has 8 nitrogen and oxygen atoms in total. The van der Waals surface area contributed by atoms with Crippen LogP contribution in [-0.4, -0.2) is 70.6 Å². The van der Waals surface area contributed by atoms with Gasteiger partial charge in [0.05, 0.1) is 13.2 Å². The first kappa shape index (κ1) is 38.8. The molecule has 0 aliphatic carbocycles. The van der Waals surface area contributed by atoms with Gasteiger partial charge in [0.25, 0.3) is 0 Å². The van der Waals surface area contributed by atoms with Gasteiger partial charge >= 0.3 is 11.9 Å². The molecule has 0 heterocycles. The third-order valence-electron chi connectivity index (χ3n) is 7.27. The third kappa shape index (κ3) is 14.1. The van der Waals surface area contributed by atoms with E-state index in [0.29, 0.717) is 13.2 Å². The van der Waals surface area contributed by atoms with Gasteiger partial charge in [0.1, 0.15) is 0 Å². The first-order valence-electron chi connectivity index (χ1n) is 15.2. The Morgan fingerprint density at radius 1 is 0.525 bits per heavy atom. The second-order valence-corrected chi connectivity index (χ2v) is 15.3. The molecule has 4 atom stereocenters. The van der Waals surface area contributed by atoms with Gasteiger partial charge in [0, 0.05) is 23.2 Å². The van der Waals surface area contributed by atoms with E-state index < -0.39 is 12.2 Å². The van der Waals surface area contributed by atoms with E-state index in [1.165, 1.54) is 0 Å². The van der Waals surface area contributed by atoms with Gasteiger partial charge in [-0.2, -0.15) is 10.1 Å². The molecule has 4 unspecified atom stereocenters. The van der Waals surface area contributed by atoms with Gasteiger partial charge < -0.3 is 9.47 Å². The van der Waals surface area contributed by atoms with Crippen molar-refractivity contribution < 1.29 is 28.7 Å². The van der Waals surface area contributed by atoms with Crippen LogP contribution < -0.4 is 0 Å². The molecule has 0 aromatic carbocycles. The molecule has 0 radical (unpaired) electrons. The molecule has 0 fully saturated rings. The number of hydrogen-bond acceptors (Lipinski definition) is 8.